The van der Waals surface area contributed by atoms with Crippen LogP contribution in [0.4, 0.5) is 35.5 Å². The summed E-state index contributed by atoms with van der Waals surface area (Å²) in [7, 11) is 0. The Balaban J connectivity index is 1.48. The van der Waals surface area contributed by atoms with Crippen molar-refractivity contribution in [3.63, 3.8) is 0 Å². The summed E-state index contributed by atoms with van der Waals surface area (Å²) in [6.45, 7) is 1.74. The normalized spacial score (nSPS) is 11.9. The molecule has 0 unspecified atom stereocenters. The van der Waals surface area contributed by atoms with Crippen LogP contribution in [0.3, 0.4) is 0 Å². The molecule has 5 aromatic rings. The third-order valence-corrected chi connectivity index (χ3v) is 5.78. The average molecular weight is 459 g/mol. The zero-order valence-electron chi connectivity index (χ0n) is 15.7. The summed E-state index contributed by atoms with van der Waals surface area (Å²) in [4.78, 5) is 14.0. The van der Waals surface area contributed by atoms with Crippen LogP contribution in [-0.4, -0.2) is 23.7 Å². The summed E-state index contributed by atoms with van der Waals surface area (Å²) in [5.74, 6) is 0.933. The molecule has 3 aromatic heterocycles. The summed E-state index contributed by atoms with van der Waals surface area (Å²) < 4.78 is 46.9. The van der Waals surface area contributed by atoms with Gasteiger partial charge in [0.15, 0.2) is 15.8 Å². The van der Waals surface area contributed by atoms with Gasteiger partial charge >= 0.3 is 6.18 Å². The highest BCUT2D eigenvalue weighted by molar-refractivity contribution is 7.21. The van der Waals surface area contributed by atoms with Crippen LogP contribution in [0, 0.1) is 6.92 Å². The van der Waals surface area contributed by atoms with Gasteiger partial charge in [0.2, 0.25) is 0 Å². The van der Waals surface area contributed by atoms with Gasteiger partial charge in [-0.15, -0.1) is 0 Å². The topological polar surface area (TPSA) is 88.5 Å². The number of benzene rings is 2. The van der Waals surface area contributed by atoms with Crippen LogP contribution in [0.5, 0.6) is 0 Å². The Labute approximate surface area is 181 Å². The first-order valence-corrected chi connectivity index (χ1v) is 10.5. The molecule has 0 aliphatic heterocycles. The standard InChI is InChI=1S/C19H12F3N7S2/c1-9-23-16(25-11-7-5-10(6-8-11)19(20,21)22)15-17(24-9)30-18(27-15)26-12-3-2-4-13-14(12)29-31-28-13/h2-8H,1H3,(H,26,27)(H,23,24,25). The Hall–Kier alpha value is -3.38. The Morgan fingerprint density at radius 1 is 0.871 bits per heavy atom. The number of anilines is 4. The predicted molar refractivity (Wildman–Crippen MR) is 115 cm³/mol. The number of fused-ring (bicyclic) bond motifs is 2. The van der Waals surface area contributed by atoms with Gasteiger partial charge in [-0.3, -0.25) is 0 Å². The predicted octanol–water partition coefficient (Wildman–Crippen LogP) is 5.91. The zero-order chi connectivity index (χ0) is 21.6. The number of hydrogen-bond donors (Lipinski definition) is 2. The molecule has 0 aliphatic carbocycles. The second kappa shape index (κ2) is 7.39. The van der Waals surface area contributed by atoms with Gasteiger partial charge in [-0.1, -0.05) is 17.4 Å². The lowest BCUT2D eigenvalue weighted by Crippen LogP contribution is -2.04. The first kappa shape index (κ1) is 19.6. The molecule has 0 aliphatic rings. The van der Waals surface area contributed by atoms with Crippen LogP contribution in [0.2, 0.25) is 0 Å². The molecule has 0 atom stereocenters. The molecule has 0 saturated carbocycles. The van der Waals surface area contributed by atoms with Crippen molar-refractivity contribution < 1.29 is 13.2 Å². The van der Waals surface area contributed by atoms with Gasteiger partial charge in [0, 0.05) is 5.69 Å². The van der Waals surface area contributed by atoms with Gasteiger partial charge in [-0.2, -0.15) is 21.9 Å². The molecule has 0 radical (unpaired) electrons. The van der Waals surface area contributed by atoms with Gasteiger partial charge < -0.3 is 10.6 Å². The van der Waals surface area contributed by atoms with Crippen molar-refractivity contribution in [3.05, 3.63) is 53.9 Å². The van der Waals surface area contributed by atoms with E-state index in [1.165, 1.54) is 23.5 Å². The van der Waals surface area contributed by atoms with Crippen molar-refractivity contribution in [1.82, 2.24) is 23.7 Å². The van der Waals surface area contributed by atoms with E-state index < -0.39 is 11.7 Å². The fraction of sp³-hybridized carbons (Fsp3) is 0.105. The number of rotatable bonds is 4. The SMILES string of the molecule is Cc1nc(Nc2ccc(C(F)(F)F)cc2)c2nc(Nc3cccc4nsnc34)sc2n1. The summed E-state index contributed by atoms with van der Waals surface area (Å²) in [6.07, 6.45) is -4.39. The summed E-state index contributed by atoms with van der Waals surface area (Å²) >= 11 is 2.47. The maximum atomic E-state index is 12.8. The number of nitrogens with one attached hydrogen (secondary N) is 2. The Morgan fingerprint density at radius 3 is 2.45 bits per heavy atom. The molecule has 0 spiro atoms. The van der Waals surface area contributed by atoms with E-state index in [0.717, 1.165) is 40.6 Å². The molecule has 0 bridgehead atoms. The summed E-state index contributed by atoms with van der Waals surface area (Å²) in [5.41, 5.74) is 2.57. The number of aryl methyl sites for hydroxylation is 1. The molecule has 0 fully saturated rings. The molecule has 0 saturated heterocycles. The van der Waals surface area contributed by atoms with Crippen molar-refractivity contribution in [3.8, 4) is 0 Å². The molecule has 156 valence electrons. The van der Waals surface area contributed by atoms with Crippen LogP contribution >= 0.6 is 23.1 Å². The number of alkyl halides is 3. The van der Waals surface area contributed by atoms with Crippen molar-refractivity contribution >= 4 is 66.8 Å². The van der Waals surface area contributed by atoms with Crippen LogP contribution in [0.15, 0.2) is 42.5 Å². The maximum absolute atomic E-state index is 12.8. The Bertz CT molecular complexity index is 1390. The van der Waals surface area contributed by atoms with E-state index in [-0.39, 0.29) is 0 Å². The molecule has 31 heavy (non-hydrogen) atoms. The minimum Gasteiger partial charge on any atom is -0.338 e. The molecular weight excluding hydrogens is 447 g/mol. The van der Waals surface area contributed by atoms with Gasteiger partial charge in [0.05, 0.1) is 23.0 Å². The quantitative estimate of drug-likeness (QED) is 0.346. The minimum atomic E-state index is -4.39. The second-order valence-electron chi connectivity index (χ2n) is 6.55. The van der Waals surface area contributed by atoms with Gasteiger partial charge in [0.1, 0.15) is 22.4 Å². The van der Waals surface area contributed by atoms with E-state index in [4.69, 9.17) is 0 Å². The highest BCUT2D eigenvalue weighted by atomic mass is 32.1. The Kier molecular flexibility index (Phi) is 4.67. The fourth-order valence-electron chi connectivity index (χ4n) is 2.97. The second-order valence-corrected chi connectivity index (χ2v) is 8.06. The maximum Gasteiger partial charge on any atom is 0.416 e. The number of hydrogen-bond acceptors (Lipinski definition) is 9. The summed E-state index contributed by atoms with van der Waals surface area (Å²) in [6, 6.07) is 10.4. The third kappa shape index (κ3) is 3.86. The van der Waals surface area contributed by atoms with E-state index in [1.54, 1.807) is 6.92 Å². The van der Waals surface area contributed by atoms with Gasteiger partial charge in [-0.05, 0) is 43.3 Å². The van der Waals surface area contributed by atoms with Crippen LogP contribution in [0.1, 0.15) is 11.4 Å². The largest absolute Gasteiger partial charge is 0.416 e. The van der Waals surface area contributed by atoms with E-state index >= 15 is 0 Å². The molecule has 7 nitrogen and oxygen atoms in total. The molecular formula is C19H12F3N7S2. The van der Waals surface area contributed by atoms with Crippen LogP contribution in [0.25, 0.3) is 21.4 Å². The average Bonchev–Trinajstić information content (AvgIpc) is 3.35. The van der Waals surface area contributed by atoms with Crippen molar-refractivity contribution in [2.45, 2.75) is 13.1 Å². The monoisotopic (exact) mass is 459 g/mol. The van der Waals surface area contributed by atoms with E-state index in [2.05, 4.69) is 34.3 Å². The van der Waals surface area contributed by atoms with E-state index in [9.17, 15) is 13.2 Å². The first-order valence-electron chi connectivity index (χ1n) is 8.94. The lowest BCUT2D eigenvalue weighted by molar-refractivity contribution is -0.137. The number of nitrogens with zero attached hydrogens (tertiary/aromatic N) is 5. The highest BCUT2D eigenvalue weighted by Gasteiger charge is 2.30. The fourth-order valence-corrected chi connectivity index (χ4v) is 4.42. The van der Waals surface area contributed by atoms with Crippen molar-refractivity contribution in [1.29, 1.82) is 0 Å². The van der Waals surface area contributed by atoms with Crippen molar-refractivity contribution in [2.75, 3.05) is 10.6 Å². The molecule has 2 N–H and O–H groups in total. The number of halogens is 3. The number of aromatic nitrogens is 5. The van der Waals surface area contributed by atoms with E-state index in [0.29, 0.717) is 32.8 Å². The zero-order valence-corrected chi connectivity index (χ0v) is 17.4. The lowest BCUT2D eigenvalue weighted by atomic mass is 10.2. The summed E-state index contributed by atoms with van der Waals surface area (Å²) in [5, 5.41) is 6.88. The van der Waals surface area contributed by atoms with E-state index in [1.807, 2.05) is 18.2 Å². The number of thiazole rings is 1. The van der Waals surface area contributed by atoms with Gasteiger partial charge in [-0.25, -0.2) is 15.0 Å². The lowest BCUT2D eigenvalue weighted by Gasteiger charge is -2.09. The minimum absolute atomic E-state index is 0.417. The molecule has 5 rings (SSSR count). The van der Waals surface area contributed by atoms with Crippen molar-refractivity contribution in [2.24, 2.45) is 0 Å². The molecule has 0 amide bonds. The van der Waals surface area contributed by atoms with Crippen LogP contribution < -0.4 is 10.6 Å². The van der Waals surface area contributed by atoms with Crippen LogP contribution in [-0.2, 0) is 6.18 Å². The molecule has 12 heteroatoms. The third-order valence-electron chi connectivity index (χ3n) is 4.37. The van der Waals surface area contributed by atoms with Gasteiger partial charge in [0.25, 0.3) is 0 Å². The highest BCUT2D eigenvalue weighted by Crippen LogP contribution is 2.34. The first-order chi connectivity index (χ1) is 14.9. The Morgan fingerprint density at radius 2 is 1.68 bits per heavy atom. The molecule has 2 aromatic carbocycles. The molecule has 3 heterocycles. The smallest absolute Gasteiger partial charge is 0.338 e.